The molecular formula is C40H51F5N6O5. The Balaban J connectivity index is 1.08. The van der Waals surface area contributed by atoms with Gasteiger partial charge in [0.2, 0.25) is 23.6 Å². The third kappa shape index (κ3) is 8.59. The second-order valence-corrected chi connectivity index (χ2v) is 17.6. The van der Waals surface area contributed by atoms with Crippen molar-refractivity contribution in [2.24, 2.45) is 28.6 Å². The maximum absolute atomic E-state index is 14.5. The van der Waals surface area contributed by atoms with Gasteiger partial charge in [0.1, 0.15) is 11.9 Å². The maximum Gasteiger partial charge on any atom is 0.257 e. The van der Waals surface area contributed by atoms with E-state index in [1.165, 1.54) is 23.2 Å². The summed E-state index contributed by atoms with van der Waals surface area (Å²) in [6.07, 6.45) is 1.80. The second kappa shape index (κ2) is 15.0. The fourth-order valence-electron chi connectivity index (χ4n) is 8.84. The smallest absolute Gasteiger partial charge is 0.257 e. The predicted molar refractivity (Wildman–Crippen MR) is 193 cm³/mol. The number of nitrogens with zero attached hydrogens (tertiary/aromatic N) is 5. The van der Waals surface area contributed by atoms with Crippen LogP contribution in [-0.4, -0.2) is 118 Å². The van der Waals surface area contributed by atoms with Crippen molar-refractivity contribution in [2.75, 3.05) is 45.9 Å². The van der Waals surface area contributed by atoms with Gasteiger partial charge in [0.25, 0.3) is 11.8 Å². The molecule has 7 rings (SSSR count). The maximum atomic E-state index is 14.5. The topological polar surface area (TPSA) is 117 Å². The van der Waals surface area contributed by atoms with E-state index >= 15 is 0 Å². The van der Waals surface area contributed by atoms with Crippen LogP contribution in [0, 0.1) is 34.4 Å². The van der Waals surface area contributed by atoms with E-state index in [9.17, 15) is 41.1 Å². The molecule has 4 amide bonds. The fraction of sp³-hybridized carbons (Fsp3) is 0.675. The number of hydrogen-bond acceptors (Lipinski definition) is 6. The summed E-state index contributed by atoms with van der Waals surface area (Å²) < 4.78 is 76.9. The quantitative estimate of drug-likeness (QED) is 0.321. The number of nitrogens with one attached hydrogen (secondary N) is 1. The van der Waals surface area contributed by atoms with E-state index in [2.05, 4.69) is 10.4 Å². The molecule has 5 fully saturated rings. The monoisotopic (exact) mass is 790 g/mol. The first-order valence-corrected chi connectivity index (χ1v) is 19.7. The molecule has 0 radical (unpaired) electrons. The minimum atomic E-state index is -2.91. The molecule has 2 aromatic rings. The minimum absolute atomic E-state index is 0.00378. The van der Waals surface area contributed by atoms with Crippen LogP contribution < -0.4 is 5.32 Å². The molecular weight excluding hydrogens is 739 g/mol. The Labute approximate surface area is 323 Å². The van der Waals surface area contributed by atoms with Gasteiger partial charge in [-0.2, -0.15) is 5.10 Å². The van der Waals surface area contributed by atoms with Crippen LogP contribution in [0.5, 0.6) is 0 Å². The number of ether oxygens (including phenoxy) is 1. The number of carbonyl (C=O) groups excluding carboxylic acids is 4. The molecule has 0 unspecified atom stereocenters. The highest BCUT2D eigenvalue weighted by Crippen LogP contribution is 2.54. The zero-order valence-electron chi connectivity index (χ0n) is 32.1. The molecule has 11 nitrogen and oxygen atoms in total. The van der Waals surface area contributed by atoms with Crippen molar-refractivity contribution in [1.82, 2.24) is 29.8 Å². The minimum Gasteiger partial charge on any atom is -0.376 e. The number of benzene rings is 1. The zero-order valence-corrected chi connectivity index (χ0v) is 32.1. The molecule has 2 saturated carbocycles. The number of amides is 4. The van der Waals surface area contributed by atoms with Gasteiger partial charge >= 0.3 is 0 Å². The third-order valence-electron chi connectivity index (χ3n) is 12.8. The molecule has 4 heterocycles. The predicted octanol–water partition coefficient (Wildman–Crippen LogP) is 4.99. The van der Waals surface area contributed by atoms with E-state index in [1.54, 1.807) is 39.7 Å². The third-order valence-corrected chi connectivity index (χ3v) is 12.8. The number of alkyl halides is 4. The van der Waals surface area contributed by atoms with E-state index in [0.717, 1.165) is 12.0 Å². The molecule has 1 N–H and O–H groups in total. The number of hydrogen-bond donors (Lipinski definition) is 1. The molecule has 3 aliphatic heterocycles. The van der Waals surface area contributed by atoms with Crippen LogP contribution in [0.15, 0.2) is 36.7 Å². The number of aromatic nitrogens is 2. The average Bonchev–Trinajstić information content (AvgIpc) is 3.43. The first kappa shape index (κ1) is 40.1. The van der Waals surface area contributed by atoms with Crippen molar-refractivity contribution >= 4 is 23.6 Å². The molecule has 4 atom stereocenters. The Kier molecular flexibility index (Phi) is 10.8. The Hall–Kier alpha value is -4.08. The Bertz CT molecular complexity index is 1790. The molecule has 3 saturated heterocycles. The van der Waals surface area contributed by atoms with Crippen molar-refractivity contribution in [3.8, 4) is 0 Å². The van der Waals surface area contributed by atoms with E-state index in [1.807, 2.05) is 13.8 Å². The van der Waals surface area contributed by atoms with Gasteiger partial charge in [-0.05, 0) is 55.2 Å². The van der Waals surface area contributed by atoms with Gasteiger partial charge in [-0.1, -0.05) is 26.0 Å². The average molecular weight is 791 g/mol. The molecule has 16 heteroatoms. The first-order valence-electron chi connectivity index (χ1n) is 19.7. The highest BCUT2D eigenvalue weighted by Gasteiger charge is 2.62. The van der Waals surface area contributed by atoms with Gasteiger partial charge in [0, 0.05) is 89.1 Å². The van der Waals surface area contributed by atoms with Gasteiger partial charge in [-0.15, -0.1) is 0 Å². The summed E-state index contributed by atoms with van der Waals surface area (Å²) in [5.41, 5.74) is 0.150. The molecule has 306 valence electrons. The normalized spacial score (nSPS) is 26.0. The van der Waals surface area contributed by atoms with Gasteiger partial charge in [0.05, 0.1) is 30.3 Å². The van der Waals surface area contributed by atoms with Gasteiger partial charge in [-0.3, -0.25) is 23.9 Å². The van der Waals surface area contributed by atoms with Crippen molar-refractivity contribution in [2.45, 2.75) is 96.3 Å². The van der Waals surface area contributed by atoms with Gasteiger partial charge in [-0.25, -0.2) is 22.0 Å². The van der Waals surface area contributed by atoms with Crippen LogP contribution in [-0.2, 0) is 25.7 Å². The molecule has 5 aliphatic rings. The summed E-state index contributed by atoms with van der Waals surface area (Å²) in [4.78, 5) is 60.4. The molecule has 1 aromatic carbocycles. The van der Waals surface area contributed by atoms with Crippen LogP contribution in [0.25, 0.3) is 0 Å². The first-order chi connectivity index (χ1) is 26.3. The number of piperidine rings is 1. The lowest BCUT2D eigenvalue weighted by molar-refractivity contribution is -0.153. The van der Waals surface area contributed by atoms with E-state index in [-0.39, 0.29) is 112 Å². The van der Waals surface area contributed by atoms with Crippen LogP contribution in [0.3, 0.4) is 0 Å². The molecule has 1 aromatic heterocycles. The lowest BCUT2D eigenvalue weighted by Gasteiger charge is -2.50. The van der Waals surface area contributed by atoms with Crippen molar-refractivity contribution in [3.63, 3.8) is 0 Å². The van der Waals surface area contributed by atoms with Crippen LogP contribution in [0.1, 0.15) is 81.6 Å². The Morgan fingerprint density at radius 3 is 2.12 bits per heavy atom. The van der Waals surface area contributed by atoms with Crippen LogP contribution >= 0.6 is 0 Å². The van der Waals surface area contributed by atoms with Gasteiger partial charge < -0.3 is 24.8 Å². The van der Waals surface area contributed by atoms with E-state index < -0.39 is 60.0 Å². The molecule has 2 aliphatic carbocycles. The van der Waals surface area contributed by atoms with Crippen LogP contribution in [0.4, 0.5) is 22.0 Å². The lowest BCUT2D eigenvalue weighted by Crippen LogP contribution is -2.65. The summed E-state index contributed by atoms with van der Waals surface area (Å²) in [5, 5.41) is 7.20. The van der Waals surface area contributed by atoms with Crippen molar-refractivity contribution < 1.29 is 45.9 Å². The highest BCUT2D eigenvalue weighted by atomic mass is 19.3. The Morgan fingerprint density at radius 2 is 1.50 bits per heavy atom. The van der Waals surface area contributed by atoms with Gasteiger partial charge in [0.15, 0.2) is 0 Å². The highest BCUT2D eigenvalue weighted by molar-refractivity contribution is 5.96. The van der Waals surface area contributed by atoms with Crippen molar-refractivity contribution in [1.29, 1.82) is 0 Å². The largest absolute Gasteiger partial charge is 0.376 e. The van der Waals surface area contributed by atoms with Crippen molar-refractivity contribution in [3.05, 3.63) is 53.6 Å². The molecule has 56 heavy (non-hydrogen) atoms. The number of carbonyl (C=O) groups is 4. The summed E-state index contributed by atoms with van der Waals surface area (Å²) in [7, 11) is 0. The summed E-state index contributed by atoms with van der Waals surface area (Å²) in [5.74, 6) is -8.58. The van der Waals surface area contributed by atoms with E-state index in [0.29, 0.717) is 6.54 Å². The van der Waals surface area contributed by atoms with E-state index in [4.69, 9.17) is 4.74 Å². The summed E-state index contributed by atoms with van der Waals surface area (Å²) in [6, 6.07) is 4.66. The summed E-state index contributed by atoms with van der Waals surface area (Å²) in [6.45, 7) is 6.28. The second-order valence-electron chi connectivity index (χ2n) is 17.6. The number of rotatable bonds is 11. The number of likely N-dealkylation sites (tertiary alicyclic amines) is 3. The number of halogens is 5. The SMILES string of the molecule is C[C@@H](OCC1CCC(F)(F)CC1)[C@H](NC(=O)[C@@H]1CN(C(=O)c2cnn(Cc3ccc(F)cc3)c2)CC12CN(C(=O)[C@H]1CC1(C)C)C2)C(=O)N1CCC(F)(F)CC1. The van der Waals surface area contributed by atoms with Crippen LogP contribution in [0.2, 0.25) is 0 Å². The molecule has 1 spiro atoms. The zero-order chi connectivity index (χ0) is 40.2. The molecule has 0 bridgehead atoms. The fourth-order valence-corrected chi connectivity index (χ4v) is 8.84. The lowest BCUT2D eigenvalue weighted by atomic mass is 9.70. The standard InChI is InChI=1S/C40H51F5N6O5/c1-25(56-21-27-8-10-39(42,43)11-9-27)32(36(55)48-14-12-40(44,45)13-15-48)47-33(52)31-20-49(22-38(31)23-50(24-38)35(54)30-16-37(30,2)3)34(53)28-17-46-51(19-28)18-26-4-6-29(41)7-5-26/h4-7,17,19,25,27,30-32H,8-16,18,20-24H2,1-3H3,(H,47,52)/t25-,30-,31+,32+/m1/s1. The Morgan fingerprint density at radius 1 is 0.893 bits per heavy atom. The summed E-state index contributed by atoms with van der Waals surface area (Å²) >= 11 is 0.